The fourth-order valence-electron chi connectivity index (χ4n) is 4.60. The Balaban J connectivity index is 1.83. The first-order valence-electron chi connectivity index (χ1n) is 10.3. The van der Waals surface area contributed by atoms with Crippen LogP contribution in [0.2, 0.25) is 0 Å². The smallest absolute Gasteiger partial charge is 0.197 e. The minimum absolute atomic E-state index is 0.00205. The van der Waals surface area contributed by atoms with Crippen LogP contribution >= 0.6 is 0 Å². The highest BCUT2D eigenvalue weighted by Crippen LogP contribution is 2.46. The van der Waals surface area contributed by atoms with Crippen molar-refractivity contribution in [3.63, 3.8) is 0 Å². The summed E-state index contributed by atoms with van der Waals surface area (Å²) in [5.41, 5.74) is 1.51. The van der Waals surface area contributed by atoms with Crippen LogP contribution in [0.1, 0.15) is 39.2 Å². The van der Waals surface area contributed by atoms with Gasteiger partial charge in [0.05, 0.1) is 0 Å². The van der Waals surface area contributed by atoms with E-state index in [4.69, 9.17) is 4.42 Å². The molecule has 0 bridgehead atoms. The van der Waals surface area contributed by atoms with E-state index in [1.54, 1.807) is 0 Å². The highest BCUT2D eigenvalue weighted by atomic mass is 16.3. The fourth-order valence-corrected chi connectivity index (χ4v) is 4.60. The SMILES string of the molecule is CC1=CCCC(C)(C)[C@@H]1Cc1c(O)cc2oc(-c3ccc(O)c(O)c3)cc(=O)c2c1O. The molecule has 0 fully saturated rings. The lowest BCUT2D eigenvalue weighted by molar-refractivity contribution is 0.211. The minimum atomic E-state index is -0.460. The van der Waals surface area contributed by atoms with E-state index >= 15 is 0 Å². The van der Waals surface area contributed by atoms with Gasteiger partial charge in [0.2, 0.25) is 0 Å². The molecule has 1 aromatic heterocycles. The third kappa shape index (κ3) is 3.63. The molecule has 6 nitrogen and oxygen atoms in total. The van der Waals surface area contributed by atoms with Crippen molar-refractivity contribution >= 4 is 11.0 Å². The second-order valence-electron chi connectivity index (χ2n) is 9.01. The van der Waals surface area contributed by atoms with Gasteiger partial charge < -0.3 is 24.8 Å². The first-order chi connectivity index (χ1) is 14.6. The molecule has 0 saturated heterocycles. The zero-order valence-corrected chi connectivity index (χ0v) is 17.8. The van der Waals surface area contributed by atoms with E-state index in [0.29, 0.717) is 17.5 Å². The number of fused-ring (bicyclic) bond motifs is 1. The van der Waals surface area contributed by atoms with E-state index < -0.39 is 5.43 Å². The monoisotopic (exact) mass is 422 g/mol. The van der Waals surface area contributed by atoms with Crippen LogP contribution in [0.5, 0.6) is 23.0 Å². The highest BCUT2D eigenvalue weighted by Gasteiger charge is 2.34. The Morgan fingerprint density at radius 2 is 1.77 bits per heavy atom. The number of hydrogen-bond donors (Lipinski definition) is 4. The summed E-state index contributed by atoms with van der Waals surface area (Å²) in [4.78, 5) is 12.9. The lowest BCUT2D eigenvalue weighted by atomic mass is 9.66. The largest absolute Gasteiger partial charge is 0.507 e. The Morgan fingerprint density at radius 3 is 2.45 bits per heavy atom. The number of allylic oxidation sites excluding steroid dienone is 2. The Bertz CT molecular complexity index is 1270. The average Bonchev–Trinajstić information content (AvgIpc) is 2.68. The van der Waals surface area contributed by atoms with Crippen LogP contribution in [0.25, 0.3) is 22.3 Å². The van der Waals surface area contributed by atoms with E-state index in [1.807, 2.05) is 0 Å². The molecule has 1 heterocycles. The van der Waals surface area contributed by atoms with Crippen molar-refractivity contribution in [2.75, 3.05) is 0 Å². The standard InChI is InChI=1S/C25H26O6/c1-13-5-4-8-25(2,3)16(13)10-15-18(27)11-22-23(24(15)30)20(29)12-21(31-22)14-6-7-17(26)19(28)9-14/h5-7,9,11-12,16,26-28,30H,4,8,10H2,1-3H3/t16-/m1/s1. The molecule has 0 saturated carbocycles. The average molecular weight is 422 g/mol. The van der Waals surface area contributed by atoms with E-state index in [9.17, 15) is 25.2 Å². The first-order valence-corrected chi connectivity index (χ1v) is 10.3. The van der Waals surface area contributed by atoms with Gasteiger partial charge >= 0.3 is 0 Å². The minimum Gasteiger partial charge on any atom is -0.507 e. The Hall–Kier alpha value is -3.41. The topological polar surface area (TPSA) is 111 Å². The summed E-state index contributed by atoms with van der Waals surface area (Å²) in [5.74, 6) is -0.763. The van der Waals surface area contributed by atoms with E-state index in [0.717, 1.165) is 12.8 Å². The number of benzene rings is 2. The van der Waals surface area contributed by atoms with Gasteiger partial charge in [-0.3, -0.25) is 4.79 Å². The third-order valence-corrected chi connectivity index (χ3v) is 6.49. The maximum absolute atomic E-state index is 12.9. The third-order valence-electron chi connectivity index (χ3n) is 6.49. The zero-order chi connectivity index (χ0) is 22.5. The predicted octanol–water partition coefficient (Wildman–Crippen LogP) is 5.21. The molecule has 0 spiro atoms. The zero-order valence-electron chi connectivity index (χ0n) is 17.8. The van der Waals surface area contributed by atoms with Gasteiger partial charge in [0, 0.05) is 23.3 Å². The summed E-state index contributed by atoms with van der Waals surface area (Å²) >= 11 is 0. The van der Waals surface area contributed by atoms with Crippen LogP contribution in [-0.2, 0) is 6.42 Å². The Labute approximate surface area is 179 Å². The van der Waals surface area contributed by atoms with Gasteiger partial charge in [0.1, 0.15) is 28.2 Å². The number of aromatic hydroxyl groups is 4. The fraction of sp³-hybridized carbons (Fsp3) is 0.320. The molecular weight excluding hydrogens is 396 g/mol. The van der Waals surface area contributed by atoms with Gasteiger partial charge in [-0.15, -0.1) is 0 Å². The molecule has 31 heavy (non-hydrogen) atoms. The Kier molecular flexibility index (Phi) is 4.96. The van der Waals surface area contributed by atoms with E-state index in [1.165, 1.54) is 35.9 Å². The molecule has 4 rings (SSSR count). The van der Waals surface area contributed by atoms with Gasteiger partial charge in [0.15, 0.2) is 16.9 Å². The molecular formula is C25H26O6. The molecule has 162 valence electrons. The second kappa shape index (κ2) is 7.38. The second-order valence-corrected chi connectivity index (χ2v) is 9.01. The van der Waals surface area contributed by atoms with Crippen LogP contribution < -0.4 is 5.43 Å². The molecule has 0 unspecified atom stereocenters. The van der Waals surface area contributed by atoms with Crippen molar-refractivity contribution in [3.8, 4) is 34.3 Å². The van der Waals surface area contributed by atoms with Crippen LogP contribution in [-0.4, -0.2) is 20.4 Å². The van der Waals surface area contributed by atoms with Crippen LogP contribution in [0.3, 0.4) is 0 Å². The van der Waals surface area contributed by atoms with Crippen LogP contribution in [0, 0.1) is 11.3 Å². The molecule has 0 aliphatic heterocycles. The lowest BCUT2D eigenvalue weighted by Gasteiger charge is -2.38. The lowest BCUT2D eigenvalue weighted by Crippen LogP contribution is -2.29. The van der Waals surface area contributed by atoms with Gasteiger partial charge in [0.25, 0.3) is 0 Å². The molecule has 1 aliphatic carbocycles. The molecule has 1 aliphatic rings. The van der Waals surface area contributed by atoms with Gasteiger partial charge in [-0.05, 0) is 55.7 Å². The molecule has 1 atom stereocenters. The molecule has 4 N–H and O–H groups in total. The van der Waals surface area contributed by atoms with E-state index in [2.05, 4.69) is 26.8 Å². The summed E-state index contributed by atoms with van der Waals surface area (Å²) in [6.07, 6.45) is 4.62. The summed E-state index contributed by atoms with van der Waals surface area (Å²) < 4.78 is 5.77. The van der Waals surface area contributed by atoms with Gasteiger partial charge in [-0.1, -0.05) is 25.5 Å². The summed E-state index contributed by atoms with van der Waals surface area (Å²) in [6, 6.07) is 6.63. The predicted molar refractivity (Wildman–Crippen MR) is 119 cm³/mol. The molecule has 3 aromatic rings. The summed E-state index contributed by atoms with van der Waals surface area (Å²) in [7, 11) is 0. The van der Waals surface area contributed by atoms with Crippen molar-refractivity contribution < 1.29 is 24.8 Å². The Morgan fingerprint density at radius 1 is 1.03 bits per heavy atom. The van der Waals surface area contributed by atoms with Gasteiger partial charge in [-0.2, -0.15) is 0 Å². The summed E-state index contributed by atoms with van der Waals surface area (Å²) in [5, 5.41) is 40.9. The first kappa shape index (κ1) is 20.8. The van der Waals surface area contributed by atoms with Crippen molar-refractivity contribution in [3.05, 3.63) is 57.8 Å². The van der Waals surface area contributed by atoms with Crippen LogP contribution in [0.4, 0.5) is 0 Å². The highest BCUT2D eigenvalue weighted by molar-refractivity contribution is 5.88. The number of phenols is 4. The van der Waals surface area contributed by atoms with Crippen molar-refractivity contribution in [1.82, 2.24) is 0 Å². The number of phenolic OH excluding ortho intramolecular Hbond substituents is 4. The number of rotatable bonds is 3. The van der Waals surface area contributed by atoms with Gasteiger partial charge in [-0.25, -0.2) is 0 Å². The summed E-state index contributed by atoms with van der Waals surface area (Å²) in [6.45, 7) is 6.42. The molecule has 0 radical (unpaired) electrons. The maximum Gasteiger partial charge on any atom is 0.197 e. The normalized spacial score (nSPS) is 18.2. The molecule has 6 heteroatoms. The quantitative estimate of drug-likeness (QED) is 0.341. The number of hydrogen-bond acceptors (Lipinski definition) is 6. The maximum atomic E-state index is 12.9. The van der Waals surface area contributed by atoms with Crippen molar-refractivity contribution in [1.29, 1.82) is 0 Å². The van der Waals surface area contributed by atoms with Crippen molar-refractivity contribution in [2.45, 2.75) is 40.0 Å². The molecule has 2 aromatic carbocycles. The van der Waals surface area contributed by atoms with Crippen LogP contribution in [0.15, 0.2) is 51.2 Å². The molecule has 0 amide bonds. The van der Waals surface area contributed by atoms with E-state index in [-0.39, 0.29) is 51.1 Å². The van der Waals surface area contributed by atoms with Crippen molar-refractivity contribution in [2.24, 2.45) is 11.3 Å².